The fourth-order valence-corrected chi connectivity index (χ4v) is 3.15. The first-order chi connectivity index (χ1) is 14.0. The number of nitrogens with zero attached hydrogens (tertiary/aromatic N) is 2. The molecule has 1 N–H and O–H groups in total. The topological polar surface area (TPSA) is 84.1 Å². The number of benzene rings is 2. The van der Waals surface area contributed by atoms with E-state index in [9.17, 15) is 9.59 Å². The molecule has 0 fully saturated rings. The van der Waals surface area contributed by atoms with Crippen molar-refractivity contribution < 1.29 is 14.3 Å². The van der Waals surface area contributed by atoms with E-state index < -0.39 is 5.97 Å². The lowest BCUT2D eigenvalue weighted by molar-refractivity contribution is -0.111. The van der Waals surface area contributed by atoms with Crippen LogP contribution in [0, 0.1) is 18.3 Å². The van der Waals surface area contributed by atoms with Crippen LogP contribution in [0.2, 0.25) is 0 Å². The summed E-state index contributed by atoms with van der Waals surface area (Å²) in [5, 5.41) is 12.6. The zero-order valence-electron chi connectivity index (χ0n) is 16.3. The number of esters is 1. The SMILES string of the molecule is COC(=O)c1cc(C)ccc1NC(=O)C=Cc1cn(CCC#N)c2ccccc12. The molecule has 0 saturated heterocycles. The number of hydrogen-bond acceptors (Lipinski definition) is 4. The van der Waals surface area contributed by atoms with Gasteiger partial charge in [0.1, 0.15) is 0 Å². The molecule has 1 heterocycles. The van der Waals surface area contributed by atoms with Crippen molar-refractivity contribution in [2.75, 3.05) is 12.4 Å². The van der Waals surface area contributed by atoms with Gasteiger partial charge in [0.2, 0.25) is 5.91 Å². The molecule has 0 atom stereocenters. The van der Waals surface area contributed by atoms with E-state index in [1.807, 2.05) is 48.0 Å². The molecule has 3 aromatic rings. The van der Waals surface area contributed by atoms with E-state index in [-0.39, 0.29) is 5.91 Å². The van der Waals surface area contributed by atoms with Gasteiger partial charge >= 0.3 is 5.97 Å². The monoisotopic (exact) mass is 387 g/mol. The quantitative estimate of drug-likeness (QED) is 0.505. The molecule has 0 saturated carbocycles. The molecular formula is C23H21N3O3. The first-order valence-electron chi connectivity index (χ1n) is 9.16. The summed E-state index contributed by atoms with van der Waals surface area (Å²) in [6.07, 6.45) is 5.49. The number of para-hydroxylation sites is 1. The van der Waals surface area contributed by atoms with Gasteiger partial charge in [-0.15, -0.1) is 0 Å². The van der Waals surface area contributed by atoms with Crippen molar-refractivity contribution in [3.63, 3.8) is 0 Å². The molecule has 0 aliphatic carbocycles. The Labute approximate surface area is 169 Å². The summed E-state index contributed by atoms with van der Waals surface area (Å²) in [6.45, 7) is 2.45. The largest absolute Gasteiger partial charge is 0.465 e. The number of nitriles is 1. The van der Waals surface area contributed by atoms with Gasteiger partial charge in [0.25, 0.3) is 0 Å². The minimum atomic E-state index is -0.506. The van der Waals surface area contributed by atoms with Crippen molar-refractivity contribution in [3.05, 3.63) is 71.4 Å². The van der Waals surface area contributed by atoms with Crippen LogP contribution in [0.5, 0.6) is 0 Å². The highest BCUT2D eigenvalue weighted by Gasteiger charge is 2.13. The number of anilines is 1. The molecule has 0 bridgehead atoms. The predicted molar refractivity (Wildman–Crippen MR) is 112 cm³/mol. The second-order valence-corrected chi connectivity index (χ2v) is 6.57. The predicted octanol–water partition coefficient (Wildman–Crippen LogP) is 4.30. The number of nitrogens with one attached hydrogen (secondary N) is 1. The number of hydrogen-bond donors (Lipinski definition) is 1. The Morgan fingerprint density at radius 3 is 2.79 bits per heavy atom. The van der Waals surface area contributed by atoms with E-state index in [2.05, 4.69) is 11.4 Å². The average Bonchev–Trinajstić information content (AvgIpc) is 3.09. The molecule has 0 spiro atoms. The summed E-state index contributed by atoms with van der Waals surface area (Å²) in [7, 11) is 1.30. The Morgan fingerprint density at radius 2 is 2.03 bits per heavy atom. The number of aryl methyl sites for hydroxylation is 2. The molecule has 146 valence electrons. The van der Waals surface area contributed by atoms with Gasteiger partial charge in [-0.05, 0) is 31.2 Å². The summed E-state index contributed by atoms with van der Waals surface area (Å²) in [4.78, 5) is 24.4. The Kier molecular flexibility index (Phi) is 6.10. The lowest BCUT2D eigenvalue weighted by Crippen LogP contribution is -2.13. The normalized spacial score (nSPS) is 10.8. The van der Waals surface area contributed by atoms with Gasteiger partial charge in [-0.25, -0.2) is 4.79 Å². The molecule has 0 radical (unpaired) electrons. The van der Waals surface area contributed by atoms with Crippen molar-refractivity contribution in [3.8, 4) is 6.07 Å². The number of carbonyl (C=O) groups is 2. The second kappa shape index (κ2) is 8.89. The molecule has 2 aromatic carbocycles. The van der Waals surface area contributed by atoms with E-state index in [4.69, 9.17) is 10.00 Å². The number of carbonyl (C=O) groups excluding carboxylic acids is 2. The number of aromatic nitrogens is 1. The number of methoxy groups -OCH3 is 1. The van der Waals surface area contributed by atoms with Crippen LogP contribution in [0.25, 0.3) is 17.0 Å². The fourth-order valence-electron chi connectivity index (χ4n) is 3.15. The standard InChI is InChI=1S/C23H21N3O3/c1-16-8-10-20(19(14-16)23(28)29-2)25-22(27)11-9-17-15-26(13-5-12-24)21-7-4-3-6-18(17)21/h3-4,6-11,14-15H,5,13H2,1-2H3,(H,25,27). The van der Waals surface area contributed by atoms with E-state index in [0.29, 0.717) is 24.2 Å². The smallest absolute Gasteiger partial charge is 0.339 e. The Hall–Kier alpha value is -3.85. The lowest BCUT2D eigenvalue weighted by atomic mass is 10.1. The van der Waals surface area contributed by atoms with Crippen LogP contribution in [0.4, 0.5) is 5.69 Å². The number of fused-ring (bicyclic) bond motifs is 1. The van der Waals surface area contributed by atoms with Crippen LogP contribution in [0.1, 0.15) is 27.9 Å². The van der Waals surface area contributed by atoms with Crippen LogP contribution >= 0.6 is 0 Å². The summed E-state index contributed by atoms with van der Waals surface area (Å²) in [6, 6.07) is 15.2. The van der Waals surface area contributed by atoms with Gasteiger partial charge in [-0.1, -0.05) is 29.8 Å². The number of ether oxygens (including phenoxy) is 1. The Morgan fingerprint density at radius 1 is 1.24 bits per heavy atom. The maximum atomic E-state index is 12.4. The zero-order valence-corrected chi connectivity index (χ0v) is 16.3. The molecule has 29 heavy (non-hydrogen) atoms. The maximum Gasteiger partial charge on any atom is 0.339 e. The average molecular weight is 387 g/mol. The van der Waals surface area contributed by atoms with Gasteiger partial charge < -0.3 is 14.6 Å². The summed E-state index contributed by atoms with van der Waals surface area (Å²) >= 11 is 0. The van der Waals surface area contributed by atoms with E-state index >= 15 is 0 Å². The van der Waals surface area contributed by atoms with Gasteiger partial charge in [-0.3, -0.25) is 4.79 Å². The van der Waals surface area contributed by atoms with Crippen LogP contribution in [0.3, 0.4) is 0 Å². The Balaban J connectivity index is 1.84. The molecule has 6 heteroatoms. The molecule has 6 nitrogen and oxygen atoms in total. The summed E-state index contributed by atoms with van der Waals surface area (Å²) < 4.78 is 6.80. The summed E-state index contributed by atoms with van der Waals surface area (Å²) in [5.74, 6) is -0.860. The van der Waals surface area contributed by atoms with Crippen molar-refractivity contribution in [2.24, 2.45) is 0 Å². The molecule has 0 unspecified atom stereocenters. The third-order valence-electron chi connectivity index (χ3n) is 4.54. The van der Waals surface area contributed by atoms with E-state index in [1.54, 1.807) is 18.2 Å². The minimum Gasteiger partial charge on any atom is -0.465 e. The molecule has 1 aromatic heterocycles. The highest BCUT2D eigenvalue weighted by molar-refractivity contribution is 6.07. The fraction of sp³-hybridized carbons (Fsp3) is 0.174. The molecule has 3 rings (SSSR count). The van der Waals surface area contributed by atoms with Gasteiger partial charge in [0, 0.05) is 35.3 Å². The third-order valence-corrected chi connectivity index (χ3v) is 4.54. The van der Waals surface area contributed by atoms with E-state index in [0.717, 1.165) is 22.0 Å². The number of rotatable bonds is 6. The maximum absolute atomic E-state index is 12.4. The Bertz CT molecular complexity index is 1140. The first kappa shape index (κ1) is 19.9. The van der Waals surface area contributed by atoms with Crippen LogP contribution in [-0.2, 0) is 16.1 Å². The third kappa shape index (κ3) is 4.53. The highest BCUT2D eigenvalue weighted by atomic mass is 16.5. The molecule has 0 aliphatic rings. The molecular weight excluding hydrogens is 366 g/mol. The van der Waals surface area contributed by atoms with Gasteiger partial charge in [0.15, 0.2) is 0 Å². The van der Waals surface area contributed by atoms with Gasteiger partial charge in [-0.2, -0.15) is 5.26 Å². The highest BCUT2D eigenvalue weighted by Crippen LogP contribution is 2.23. The van der Waals surface area contributed by atoms with Crippen molar-refractivity contribution in [1.29, 1.82) is 5.26 Å². The van der Waals surface area contributed by atoms with Crippen LogP contribution in [0.15, 0.2) is 54.7 Å². The lowest BCUT2D eigenvalue weighted by Gasteiger charge is -2.09. The summed E-state index contributed by atoms with van der Waals surface area (Å²) in [5.41, 5.74) is 3.49. The second-order valence-electron chi connectivity index (χ2n) is 6.57. The molecule has 0 aliphatic heterocycles. The van der Waals surface area contributed by atoms with Crippen LogP contribution in [-0.4, -0.2) is 23.6 Å². The van der Waals surface area contributed by atoms with Crippen molar-refractivity contribution >= 4 is 34.5 Å². The number of amides is 1. The van der Waals surface area contributed by atoms with Crippen molar-refractivity contribution in [2.45, 2.75) is 19.9 Å². The zero-order chi connectivity index (χ0) is 20.8. The van der Waals surface area contributed by atoms with Crippen LogP contribution < -0.4 is 5.32 Å². The van der Waals surface area contributed by atoms with E-state index in [1.165, 1.54) is 13.2 Å². The minimum absolute atomic E-state index is 0.308. The first-order valence-corrected chi connectivity index (χ1v) is 9.16. The molecule has 1 amide bonds. The van der Waals surface area contributed by atoms with Crippen molar-refractivity contribution in [1.82, 2.24) is 4.57 Å². The van der Waals surface area contributed by atoms with Gasteiger partial charge in [0.05, 0.1) is 30.9 Å².